The van der Waals surface area contributed by atoms with Gasteiger partial charge in [-0.3, -0.25) is 9.78 Å². The van der Waals surface area contributed by atoms with Crippen molar-refractivity contribution in [2.75, 3.05) is 0 Å². The number of rotatable bonds is 2. The quantitative estimate of drug-likeness (QED) is 0.620. The second-order valence-electron chi connectivity index (χ2n) is 4.18. The predicted molar refractivity (Wildman–Crippen MR) is 63.8 cm³/mol. The number of carbonyl (C=O) groups is 1. The molecule has 1 aromatic carbocycles. The number of nitrogens with zero attached hydrogens (tertiary/aromatic N) is 1. The minimum atomic E-state index is -4.84. The molecule has 6 heteroatoms. The molecule has 104 valence electrons. The molecule has 0 amide bonds. The number of hydrogen-bond acceptors (Lipinski definition) is 2. The summed E-state index contributed by atoms with van der Waals surface area (Å²) in [5, 5.41) is 0. The average Bonchev–Trinajstić information content (AvgIpc) is 2.37. The summed E-state index contributed by atoms with van der Waals surface area (Å²) in [7, 11) is 0. The first kappa shape index (κ1) is 14.2. The van der Waals surface area contributed by atoms with Crippen molar-refractivity contribution >= 4 is 5.78 Å². The van der Waals surface area contributed by atoms with Crippen LogP contribution in [-0.4, -0.2) is 10.8 Å². The van der Waals surface area contributed by atoms with E-state index >= 15 is 0 Å². The van der Waals surface area contributed by atoms with Crippen molar-refractivity contribution in [2.24, 2.45) is 0 Å². The Bertz CT molecular complexity index is 664. The first-order valence-corrected chi connectivity index (χ1v) is 5.63. The maximum Gasteiger partial charge on any atom is 0.419 e. The van der Waals surface area contributed by atoms with Gasteiger partial charge >= 0.3 is 6.18 Å². The van der Waals surface area contributed by atoms with Gasteiger partial charge in [0, 0.05) is 18.0 Å². The second-order valence-corrected chi connectivity index (χ2v) is 4.18. The van der Waals surface area contributed by atoms with Gasteiger partial charge < -0.3 is 0 Å². The second kappa shape index (κ2) is 5.03. The van der Waals surface area contributed by atoms with E-state index in [2.05, 4.69) is 4.98 Å². The molecular formula is C14H9F4NO. The third kappa shape index (κ3) is 2.54. The first-order valence-electron chi connectivity index (χ1n) is 5.63. The van der Waals surface area contributed by atoms with Gasteiger partial charge in [-0.15, -0.1) is 0 Å². The van der Waals surface area contributed by atoms with Gasteiger partial charge in [-0.25, -0.2) is 4.39 Å². The molecule has 0 saturated heterocycles. The zero-order valence-electron chi connectivity index (χ0n) is 10.3. The fraction of sp³-hybridized carbons (Fsp3) is 0.143. The van der Waals surface area contributed by atoms with E-state index in [4.69, 9.17) is 0 Å². The summed E-state index contributed by atoms with van der Waals surface area (Å²) in [6, 6.07) is 4.16. The SMILES string of the molecule is Cc1ccncc1C(=O)c1cccc(C(F)(F)F)c1F. The third-order valence-corrected chi connectivity index (χ3v) is 2.83. The molecule has 0 saturated carbocycles. The molecule has 0 fully saturated rings. The lowest BCUT2D eigenvalue weighted by atomic mass is 9.99. The van der Waals surface area contributed by atoms with Gasteiger partial charge in [0.05, 0.1) is 11.1 Å². The molecule has 20 heavy (non-hydrogen) atoms. The van der Waals surface area contributed by atoms with Gasteiger partial charge in [0.25, 0.3) is 0 Å². The maximum absolute atomic E-state index is 13.9. The fourth-order valence-corrected chi connectivity index (χ4v) is 1.77. The van der Waals surface area contributed by atoms with Crippen LogP contribution >= 0.6 is 0 Å². The van der Waals surface area contributed by atoms with Crippen LogP contribution in [0.3, 0.4) is 0 Å². The van der Waals surface area contributed by atoms with Crippen molar-refractivity contribution in [3.05, 3.63) is 64.7 Å². The normalized spacial score (nSPS) is 11.4. The van der Waals surface area contributed by atoms with Crippen molar-refractivity contribution in [1.82, 2.24) is 4.98 Å². The van der Waals surface area contributed by atoms with E-state index in [1.807, 2.05) is 0 Å². The number of hydrogen-bond donors (Lipinski definition) is 0. The molecule has 0 unspecified atom stereocenters. The highest BCUT2D eigenvalue weighted by Crippen LogP contribution is 2.33. The number of aromatic nitrogens is 1. The number of carbonyl (C=O) groups excluding carboxylic acids is 1. The Hall–Kier alpha value is -2.24. The Labute approximate surface area is 112 Å². The zero-order chi connectivity index (χ0) is 14.9. The summed E-state index contributed by atoms with van der Waals surface area (Å²) >= 11 is 0. The van der Waals surface area contributed by atoms with Crippen LogP contribution in [0.4, 0.5) is 17.6 Å². The van der Waals surface area contributed by atoms with Crippen LogP contribution in [0.15, 0.2) is 36.7 Å². The molecular weight excluding hydrogens is 274 g/mol. The van der Waals surface area contributed by atoms with E-state index < -0.39 is 28.9 Å². The van der Waals surface area contributed by atoms with Gasteiger partial charge in [0.2, 0.25) is 0 Å². The summed E-state index contributed by atoms with van der Waals surface area (Å²) in [5.41, 5.74) is -1.48. The van der Waals surface area contributed by atoms with Crippen LogP contribution in [-0.2, 0) is 6.18 Å². The van der Waals surface area contributed by atoms with Crippen LogP contribution in [0, 0.1) is 12.7 Å². The lowest BCUT2D eigenvalue weighted by Gasteiger charge is -2.11. The van der Waals surface area contributed by atoms with Crippen molar-refractivity contribution in [2.45, 2.75) is 13.1 Å². The fourth-order valence-electron chi connectivity index (χ4n) is 1.77. The topological polar surface area (TPSA) is 30.0 Å². The van der Waals surface area contributed by atoms with E-state index in [9.17, 15) is 22.4 Å². The Morgan fingerprint density at radius 1 is 1.15 bits per heavy atom. The summed E-state index contributed by atoms with van der Waals surface area (Å²) in [6.07, 6.45) is -2.20. The Kier molecular flexibility index (Phi) is 3.57. The molecule has 0 atom stereocenters. The molecule has 2 aromatic rings. The van der Waals surface area contributed by atoms with Gasteiger partial charge in [0.15, 0.2) is 5.78 Å². The van der Waals surface area contributed by atoms with Gasteiger partial charge in [-0.05, 0) is 30.7 Å². The van der Waals surface area contributed by atoms with E-state index in [1.54, 1.807) is 6.92 Å². The summed E-state index contributed by atoms with van der Waals surface area (Å²) < 4.78 is 51.7. The number of pyridine rings is 1. The lowest BCUT2D eigenvalue weighted by molar-refractivity contribution is -0.140. The van der Waals surface area contributed by atoms with Crippen LogP contribution in [0.25, 0.3) is 0 Å². The number of aryl methyl sites for hydroxylation is 1. The van der Waals surface area contributed by atoms with Crippen LogP contribution in [0.1, 0.15) is 27.0 Å². The molecule has 0 spiro atoms. The number of ketones is 1. The van der Waals surface area contributed by atoms with Crippen molar-refractivity contribution in [1.29, 1.82) is 0 Å². The molecule has 2 rings (SSSR count). The minimum absolute atomic E-state index is 0.0747. The minimum Gasteiger partial charge on any atom is -0.288 e. The van der Waals surface area contributed by atoms with E-state index in [0.717, 1.165) is 12.1 Å². The van der Waals surface area contributed by atoms with Crippen LogP contribution < -0.4 is 0 Å². The molecule has 0 aliphatic heterocycles. The Morgan fingerprint density at radius 2 is 1.85 bits per heavy atom. The van der Waals surface area contributed by atoms with E-state index in [-0.39, 0.29) is 5.56 Å². The summed E-state index contributed by atoms with van der Waals surface area (Å²) in [6.45, 7) is 1.60. The standard InChI is InChI=1S/C14H9F4NO/c1-8-5-6-19-7-10(8)13(20)9-3-2-4-11(12(9)15)14(16,17)18/h2-7H,1H3. The zero-order valence-corrected chi connectivity index (χ0v) is 10.3. The predicted octanol–water partition coefficient (Wildman–Crippen LogP) is 3.78. The summed E-state index contributed by atoms with van der Waals surface area (Å²) in [5.74, 6) is -2.38. The van der Waals surface area contributed by atoms with Crippen LogP contribution in [0.2, 0.25) is 0 Å². The van der Waals surface area contributed by atoms with Crippen molar-refractivity contribution < 1.29 is 22.4 Å². The van der Waals surface area contributed by atoms with Gasteiger partial charge in [-0.2, -0.15) is 13.2 Å². The smallest absolute Gasteiger partial charge is 0.288 e. The molecule has 0 bridgehead atoms. The molecule has 0 N–H and O–H groups in total. The third-order valence-electron chi connectivity index (χ3n) is 2.83. The van der Waals surface area contributed by atoms with Gasteiger partial charge in [-0.1, -0.05) is 6.07 Å². The molecule has 2 nitrogen and oxygen atoms in total. The molecule has 1 aromatic heterocycles. The highest BCUT2D eigenvalue weighted by Gasteiger charge is 2.35. The summed E-state index contributed by atoms with van der Waals surface area (Å²) in [4.78, 5) is 15.8. The Morgan fingerprint density at radius 3 is 2.45 bits per heavy atom. The largest absolute Gasteiger partial charge is 0.419 e. The van der Waals surface area contributed by atoms with Crippen molar-refractivity contribution in [3.63, 3.8) is 0 Å². The average molecular weight is 283 g/mol. The molecule has 0 aliphatic carbocycles. The first-order chi connectivity index (χ1) is 9.32. The monoisotopic (exact) mass is 283 g/mol. The highest BCUT2D eigenvalue weighted by molar-refractivity contribution is 6.09. The Balaban J connectivity index is 2.55. The number of halogens is 4. The van der Waals surface area contributed by atoms with Crippen molar-refractivity contribution in [3.8, 4) is 0 Å². The number of benzene rings is 1. The molecule has 0 radical (unpaired) electrons. The molecule has 0 aliphatic rings. The number of alkyl halides is 3. The van der Waals surface area contributed by atoms with Gasteiger partial charge in [0.1, 0.15) is 5.82 Å². The van der Waals surface area contributed by atoms with E-state index in [0.29, 0.717) is 11.6 Å². The lowest BCUT2D eigenvalue weighted by Crippen LogP contribution is -2.13. The highest BCUT2D eigenvalue weighted by atomic mass is 19.4. The molecule has 1 heterocycles. The maximum atomic E-state index is 13.9. The van der Waals surface area contributed by atoms with Crippen LogP contribution in [0.5, 0.6) is 0 Å². The van der Waals surface area contributed by atoms with E-state index in [1.165, 1.54) is 18.5 Å².